The van der Waals surface area contributed by atoms with Gasteiger partial charge in [0.1, 0.15) is 0 Å². The summed E-state index contributed by atoms with van der Waals surface area (Å²) in [6, 6.07) is 14.7. The van der Waals surface area contributed by atoms with Crippen LogP contribution in [0.3, 0.4) is 0 Å². The quantitative estimate of drug-likeness (QED) is 0.694. The van der Waals surface area contributed by atoms with E-state index in [1.54, 1.807) is 19.1 Å². The fraction of sp³-hybridized carbons (Fsp3) is 0.409. The Labute approximate surface area is 168 Å². The topological polar surface area (TPSA) is 66.5 Å². The largest absolute Gasteiger partial charge is 0.353 e. The first kappa shape index (κ1) is 22.1. The first-order valence-corrected chi connectivity index (χ1v) is 11.1. The maximum Gasteiger partial charge on any atom is 0.244 e. The Balaban J connectivity index is 2.34. The van der Waals surface area contributed by atoms with Gasteiger partial charge in [-0.05, 0) is 49.9 Å². The summed E-state index contributed by atoms with van der Waals surface area (Å²) in [5.74, 6) is -0.286. The Bertz CT molecular complexity index is 895. The van der Waals surface area contributed by atoms with Crippen LogP contribution in [0.4, 0.5) is 0 Å². The number of carbonyl (C=O) groups is 1. The summed E-state index contributed by atoms with van der Waals surface area (Å²) in [6.45, 7) is 7.55. The highest BCUT2D eigenvalue weighted by Gasteiger charge is 2.28. The molecule has 0 unspecified atom stereocenters. The molecule has 0 aliphatic rings. The van der Waals surface area contributed by atoms with Crippen LogP contribution in [0.15, 0.2) is 53.4 Å². The predicted molar refractivity (Wildman–Crippen MR) is 112 cm³/mol. The Kier molecular flexibility index (Phi) is 7.78. The summed E-state index contributed by atoms with van der Waals surface area (Å²) < 4.78 is 28.1. The number of amides is 1. The lowest BCUT2D eigenvalue weighted by Crippen LogP contribution is -2.43. The lowest BCUT2D eigenvalue weighted by molar-refractivity contribution is -0.122. The molecule has 0 radical (unpaired) electrons. The van der Waals surface area contributed by atoms with Gasteiger partial charge in [-0.25, -0.2) is 8.42 Å². The molecule has 2 rings (SSSR count). The summed E-state index contributed by atoms with van der Waals surface area (Å²) in [4.78, 5) is 12.8. The van der Waals surface area contributed by atoms with Gasteiger partial charge >= 0.3 is 0 Å². The van der Waals surface area contributed by atoms with Crippen LogP contribution >= 0.6 is 0 Å². The standard InChI is InChI=1S/C22H30N2O3S/c1-5-9-19(4)23-22(25)16-24(15-20-10-7-6-8-11-20)28(26,27)21-14-17(2)12-13-18(21)3/h6-8,10-14,19H,5,9,15-16H2,1-4H3,(H,23,25)/t19-/m0/s1. The molecule has 2 aromatic rings. The number of nitrogens with one attached hydrogen (secondary N) is 1. The van der Waals surface area contributed by atoms with Crippen LogP contribution in [0.2, 0.25) is 0 Å². The van der Waals surface area contributed by atoms with Gasteiger partial charge in [0.15, 0.2) is 0 Å². The zero-order valence-electron chi connectivity index (χ0n) is 17.1. The third-order valence-corrected chi connectivity index (χ3v) is 6.55. The molecule has 152 valence electrons. The molecular formula is C22H30N2O3S. The van der Waals surface area contributed by atoms with E-state index in [4.69, 9.17) is 0 Å². The minimum absolute atomic E-state index is 0.0134. The van der Waals surface area contributed by atoms with Crippen LogP contribution in [-0.2, 0) is 21.4 Å². The Morgan fingerprint density at radius 3 is 2.43 bits per heavy atom. The smallest absolute Gasteiger partial charge is 0.244 e. The second-order valence-electron chi connectivity index (χ2n) is 7.28. The summed E-state index contributed by atoms with van der Waals surface area (Å²) in [7, 11) is -3.82. The average molecular weight is 403 g/mol. The van der Waals surface area contributed by atoms with E-state index in [2.05, 4.69) is 12.2 Å². The third kappa shape index (κ3) is 5.91. The van der Waals surface area contributed by atoms with Crippen LogP contribution in [0, 0.1) is 13.8 Å². The second kappa shape index (κ2) is 9.85. The van der Waals surface area contributed by atoms with E-state index in [1.807, 2.05) is 50.2 Å². The molecule has 0 aromatic heterocycles. The predicted octanol–water partition coefficient (Wildman–Crippen LogP) is 3.80. The number of benzene rings is 2. The molecule has 0 bridgehead atoms. The number of aryl methyl sites for hydroxylation is 2. The van der Waals surface area contributed by atoms with Gasteiger partial charge in [0.25, 0.3) is 0 Å². The molecule has 0 aliphatic heterocycles. The Morgan fingerprint density at radius 1 is 1.11 bits per heavy atom. The van der Waals surface area contributed by atoms with Gasteiger partial charge in [0, 0.05) is 12.6 Å². The van der Waals surface area contributed by atoms with Gasteiger partial charge < -0.3 is 5.32 Å². The molecule has 0 heterocycles. The first-order valence-electron chi connectivity index (χ1n) is 9.64. The van der Waals surface area contributed by atoms with E-state index in [0.717, 1.165) is 24.0 Å². The highest BCUT2D eigenvalue weighted by Crippen LogP contribution is 2.23. The lowest BCUT2D eigenvalue weighted by Gasteiger charge is -2.24. The molecule has 1 atom stereocenters. The molecule has 0 aliphatic carbocycles. The van der Waals surface area contributed by atoms with Gasteiger partial charge in [-0.15, -0.1) is 0 Å². The van der Waals surface area contributed by atoms with E-state index < -0.39 is 10.0 Å². The van der Waals surface area contributed by atoms with Crippen molar-refractivity contribution in [3.8, 4) is 0 Å². The number of sulfonamides is 1. The van der Waals surface area contributed by atoms with Crippen LogP contribution in [0.1, 0.15) is 43.4 Å². The highest BCUT2D eigenvalue weighted by atomic mass is 32.2. The fourth-order valence-corrected chi connectivity index (χ4v) is 4.82. The van der Waals surface area contributed by atoms with E-state index >= 15 is 0 Å². The van der Waals surface area contributed by atoms with E-state index in [0.29, 0.717) is 5.56 Å². The molecule has 6 heteroatoms. The molecule has 5 nitrogen and oxygen atoms in total. The second-order valence-corrected chi connectivity index (χ2v) is 9.19. The number of nitrogens with zero attached hydrogens (tertiary/aromatic N) is 1. The van der Waals surface area contributed by atoms with Crippen molar-refractivity contribution in [1.82, 2.24) is 9.62 Å². The first-order chi connectivity index (χ1) is 13.2. The maximum atomic E-state index is 13.4. The molecule has 2 aromatic carbocycles. The Hall–Kier alpha value is -2.18. The van der Waals surface area contributed by atoms with Crippen molar-refractivity contribution in [3.05, 3.63) is 65.2 Å². The van der Waals surface area contributed by atoms with Crippen molar-refractivity contribution >= 4 is 15.9 Å². The van der Waals surface area contributed by atoms with Crippen molar-refractivity contribution < 1.29 is 13.2 Å². The van der Waals surface area contributed by atoms with Crippen molar-refractivity contribution in [2.24, 2.45) is 0 Å². The van der Waals surface area contributed by atoms with Gasteiger partial charge in [-0.3, -0.25) is 4.79 Å². The van der Waals surface area contributed by atoms with Gasteiger partial charge in [0.2, 0.25) is 15.9 Å². The summed E-state index contributed by atoms with van der Waals surface area (Å²) in [5.41, 5.74) is 2.37. The zero-order valence-corrected chi connectivity index (χ0v) is 17.9. The van der Waals surface area contributed by atoms with Crippen molar-refractivity contribution in [1.29, 1.82) is 0 Å². The molecule has 0 saturated carbocycles. The molecule has 0 spiro atoms. The highest BCUT2D eigenvalue weighted by molar-refractivity contribution is 7.89. The van der Waals surface area contributed by atoms with Crippen LogP contribution in [0.5, 0.6) is 0 Å². The lowest BCUT2D eigenvalue weighted by atomic mass is 10.2. The number of hydrogen-bond donors (Lipinski definition) is 1. The molecule has 0 fully saturated rings. The van der Waals surface area contributed by atoms with Crippen molar-refractivity contribution in [2.75, 3.05) is 6.54 Å². The molecule has 0 saturated heterocycles. The van der Waals surface area contributed by atoms with E-state index in [1.165, 1.54) is 4.31 Å². The molecule has 1 N–H and O–H groups in total. The number of rotatable bonds is 9. The Morgan fingerprint density at radius 2 is 1.79 bits per heavy atom. The molecule has 1 amide bonds. The third-order valence-electron chi connectivity index (χ3n) is 4.61. The summed E-state index contributed by atoms with van der Waals surface area (Å²) in [5, 5.41) is 2.90. The van der Waals surface area contributed by atoms with Crippen LogP contribution < -0.4 is 5.32 Å². The van der Waals surface area contributed by atoms with Crippen molar-refractivity contribution in [2.45, 2.75) is 58.0 Å². The minimum atomic E-state index is -3.82. The number of hydrogen-bond acceptors (Lipinski definition) is 3. The monoisotopic (exact) mass is 402 g/mol. The zero-order chi connectivity index (χ0) is 20.7. The van der Waals surface area contributed by atoms with Crippen LogP contribution in [0.25, 0.3) is 0 Å². The van der Waals surface area contributed by atoms with Gasteiger partial charge in [-0.1, -0.05) is 55.8 Å². The molecule has 28 heavy (non-hydrogen) atoms. The minimum Gasteiger partial charge on any atom is -0.353 e. The van der Waals surface area contributed by atoms with E-state index in [9.17, 15) is 13.2 Å². The average Bonchev–Trinajstić information content (AvgIpc) is 2.64. The van der Waals surface area contributed by atoms with Crippen molar-refractivity contribution in [3.63, 3.8) is 0 Å². The maximum absolute atomic E-state index is 13.4. The van der Waals surface area contributed by atoms with Gasteiger partial charge in [-0.2, -0.15) is 4.31 Å². The summed E-state index contributed by atoms with van der Waals surface area (Å²) >= 11 is 0. The summed E-state index contributed by atoms with van der Waals surface area (Å²) in [6.07, 6.45) is 1.81. The van der Waals surface area contributed by atoms with Gasteiger partial charge in [0.05, 0.1) is 11.4 Å². The molecular weight excluding hydrogens is 372 g/mol. The normalized spacial score (nSPS) is 12.8. The fourth-order valence-electron chi connectivity index (χ4n) is 3.12. The number of carbonyl (C=O) groups excluding carboxylic acids is 1. The van der Waals surface area contributed by atoms with E-state index in [-0.39, 0.29) is 29.9 Å². The van der Waals surface area contributed by atoms with Crippen LogP contribution in [-0.4, -0.2) is 31.2 Å². The SMILES string of the molecule is CCC[C@H](C)NC(=O)CN(Cc1ccccc1)S(=O)(=O)c1cc(C)ccc1C.